The molecule has 0 fully saturated rings. The van der Waals surface area contributed by atoms with Crippen molar-refractivity contribution in [3.8, 4) is 5.75 Å². The van der Waals surface area contributed by atoms with Crippen molar-refractivity contribution in [2.24, 2.45) is 0 Å². The van der Waals surface area contributed by atoms with Crippen LogP contribution in [0.3, 0.4) is 0 Å². The van der Waals surface area contributed by atoms with Gasteiger partial charge in [0.15, 0.2) is 0 Å². The van der Waals surface area contributed by atoms with E-state index in [1.54, 1.807) is 0 Å². The first kappa shape index (κ1) is 20.0. The Hall–Kier alpha value is -2.29. The summed E-state index contributed by atoms with van der Waals surface area (Å²) >= 11 is 0. The molecule has 0 atom stereocenters. The van der Waals surface area contributed by atoms with Crippen molar-refractivity contribution < 1.29 is 9.53 Å². The normalized spacial score (nSPS) is 11.3. The van der Waals surface area contributed by atoms with Gasteiger partial charge in [0.25, 0.3) is 0 Å². The SMILES string of the molecule is CCc1cccc(C)c1NC(=O)CCCOc1ccc(C(C)(C)C)cc1. The van der Waals surface area contributed by atoms with Crippen molar-refractivity contribution in [2.45, 2.75) is 59.3 Å². The van der Waals surface area contributed by atoms with Crippen LogP contribution in [-0.4, -0.2) is 12.5 Å². The molecular formula is C23H31NO2. The van der Waals surface area contributed by atoms with E-state index in [9.17, 15) is 4.79 Å². The van der Waals surface area contributed by atoms with E-state index in [1.807, 2.05) is 31.2 Å². The second kappa shape index (κ2) is 8.88. The minimum absolute atomic E-state index is 0.0423. The third-order valence-electron chi connectivity index (χ3n) is 4.54. The summed E-state index contributed by atoms with van der Waals surface area (Å²) in [4.78, 5) is 12.2. The smallest absolute Gasteiger partial charge is 0.224 e. The number of nitrogens with one attached hydrogen (secondary N) is 1. The molecule has 0 aliphatic heterocycles. The number of carbonyl (C=O) groups is 1. The number of ether oxygens (including phenoxy) is 1. The molecule has 3 heteroatoms. The van der Waals surface area contributed by atoms with Crippen molar-refractivity contribution in [1.82, 2.24) is 0 Å². The summed E-state index contributed by atoms with van der Waals surface area (Å²) in [7, 11) is 0. The van der Waals surface area contributed by atoms with Gasteiger partial charge in [-0.3, -0.25) is 4.79 Å². The van der Waals surface area contributed by atoms with Crippen LogP contribution < -0.4 is 10.1 Å². The molecular weight excluding hydrogens is 322 g/mol. The Kier molecular flexibility index (Phi) is 6.84. The highest BCUT2D eigenvalue weighted by molar-refractivity contribution is 5.92. The molecule has 0 spiro atoms. The van der Waals surface area contributed by atoms with Crippen LogP contribution in [0.4, 0.5) is 5.69 Å². The Morgan fingerprint density at radius 3 is 2.38 bits per heavy atom. The highest BCUT2D eigenvalue weighted by atomic mass is 16.5. The highest BCUT2D eigenvalue weighted by Gasteiger charge is 2.13. The molecule has 2 aromatic rings. The number of anilines is 1. The fraction of sp³-hybridized carbons (Fsp3) is 0.435. The standard InChI is InChI=1S/C23H31NO2/c1-6-18-10-7-9-17(2)22(18)24-21(25)11-8-16-26-20-14-12-19(13-15-20)23(3,4)5/h7,9-10,12-15H,6,8,11,16H2,1-5H3,(H,24,25). The van der Waals surface area contributed by atoms with Crippen LogP contribution >= 0.6 is 0 Å². The molecule has 0 bridgehead atoms. The molecule has 2 aromatic carbocycles. The van der Waals surface area contributed by atoms with E-state index in [-0.39, 0.29) is 11.3 Å². The molecule has 140 valence electrons. The Balaban J connectivity index is 1.79. The number of hydrogen-bond acceptors (Lipinski definition) is 2. The fourth-order valence-corrected chi connectivity index (χ4v) is 2.88. The van der Waals surface area contributed by atoms with E-state index in [2.05, 4.69) is 51.2 Å². The minimum Gasteiger partial charge on any atom is -0.494 e. The molecule has 0 saturated heterocycles. The summed E-state index contributed by atoms with van der Waals surface area (Å²) in [6, 6.07) is 14.3. The number of aryl methyl sites for hydroxylation is 2. The molecule has 0 aromatic heterocycles. The maximum Gasteiger partial charge on any atom is 0.224 e. The van der Waals surface area contributed by atoms with Crippen LogP contribution in [-0.2, 0) is 16.6 Å². The van der Waals surface area contributed by atoms with E-state index < -0.39 is 0 Å². The third kappa shape index (κ3) is 5.62. The van der Waals surface area contributed by atoms with E-state index in [1.165, 1.54) is 11.1 Å². The van der Waals surface area contributed by atoms with Crippen LogP contribution in [0.1, 0.15) is 57.2 Å². The summed E-state index contributed by atoms with van der Waals surface area (Å²) in [5, 5.41) is 3.06. The number of para-hydroxylation sites is 1. The van der Waals surface area contributed by atoms with Crippen LogP contribution in [0.5, 0.6) is 5.75 Å². The maximum atomic E-state index is 12.2. The summed E-state index contributed by atoms with van der Waals surface area (Å²) in [6.45, 7) is 11.2. The van der Waals surface area contributed by atoms with E-state index in [4.69, 9.17) is 4.74 Å². The number of carbonyl (C=O) groups excluding carboxylic acids is 1. The molecule has 0 saturated carbocycles. The highest BCUT2D eigenvalue weighted by Crippen LogP contribution is 2.24. The van der Waals surface area contributed by atoms with Gasteiger partial charge in [0.1, 0.15) is 5.75 Å². The molecule has 2 rings (SSSR count). The molecule has 0 heterocycles. The predicted molar refractivity (Wildman–Crippen MR) is 109 cm³/mol. The first-order chi connectivity index (χ1) is 12.3. The molecule has 0 radical (unpaired) electrons. The van der Waals surface area contributed by atoms with Crippen molar-refractivity contribution in [2.75, 3.05) is 11.9 Å². The van der Waals surface area contributed by atoms with Crippen LogP contribution in [0.2, 0.25) is 0 Å². The zero-order valence-electron chi connectivity index (χ0n) is 16.7. The average Bonchev–Trinajstić information content (AvgIpc) is 2.60. The van der Waals surface area contributed by atoms with Gasteiger partial charge in [-0.15, -0.1) is 0 Å². The van der Waals surface area contributed by atoms with Gasteiger partial charge in [-0.2, -0.15) is 0 Å². The quantitative estimate of drug-likeness (QED) is 0.653. The van der Waals surface area contributed by atoms with Gasteiger partial charge in [-0.1, -0.05) is 58.0 Å². The molecule has 1 amide bonds. The second-order valence-electron chi connectivity index (χ2n) is 7.74. The van der Waals surface area contributed by atoms with Gasteiger partial charge >= 0.3 is 0 Å². The van der Waals surface area contributed by atoms with E-state index >= 15 is 0 Å². The summed E-state index contributed by atoms with van der Waals surface area (Å²) in [5.74, 6) is 0.895. The van der Waals surface area contributed by atoms with Gasteiger partial charge in [0.05, 0.1) is 6.61 Å². The van der Waals surface area contributed by atoms with Gasteiger partial charge in [-0.25, -0.2) is 0 Å². The van der Waals surface area contributed by atoms with Crippen molar-refractivity contribution in [3.05, 3.63) is 59.2 Å². The van der Waals surface area contributed by atoms with E-state index in [0.717, 1.165) is 23.4 Å². The largest absolute Gasteiger partial charge is 0.494 e. The van der Waals surface area contributed by atoms with Gasteiger partial charge in [-0.05, 0) is 54.0 Å². The predicted octanol–water partition coefficient (Wildman–Crippen LogP) is 5.65. The number of hydrogen-bond donors (Lipinski definition) is 1. The molecule has 3 nitrogen and oxygen atoms in total. The summed E-state index contributed by atoms with van der Waals surface area (Å²) in [6.07, 6.45) is 2.06. The Labute approximate surface area is 157 Å². The van der Waals surface area contributed by atoms with Crippen LogP contribution in [0.15, 0.2) is 42.5 Å². The first-order valence-corrected chi connectivity index (χ1v) is 9.43. The first-order valence-electron chi connectivity index (χ1n) is 9.43. The number of rotatable bonds is 7. The van der Waals surface area contributed by atoms with Crippen molar-refractivity contribution in [1.29, 1.82) is 0 Å². The summed E-state index contributed by atoms with van der Waals surface area (Å²) < 4.78 is 5.76. The Bertz CT molecular complexity index is 727. The monoisotopic (exact) mass is 353 g/mol. The summed E-state index contributed by atoms with van der Waals surface area (Å²) in [5.41, 5.74) is 4.66. The Morgan fingerprint density at radius 1 is 1.08 bits per heavy atom. The van der Waals surface area contributed by atoms with E-state index in [0.29, 0.717) is 19.4 Å². The Morgan fingerprint density at radius 2 is 1.77 bits per heavy atom. The lowest BCUT2D eigenvalue weighted by Crippen LogP contribution is -2.15. The van der Waals surface area contributed by atoms with Gasteiger partial charge in [0, 0.05) is 12.1 Å². The lowest BCUT2D eigenvalue weighted by Gasteiger charge is -2.19. The molecule has 0 aliphatic rings. The minimum atomic E-state index is 0.0423. The second-order valence-corrected chi connectivity index (χ2v) is 7.74. The average molecular weight is 354 g/mol. The van der Waals surface area contributed by atoms with Crippen LogP contribution in [0, 0.1) is 6.92 Å². The zero-order valence-corrected chi connectivity index (χ0v) is 16.7. The lowest BCUT2D eigenvalue weighted by molar-refractivity contribution is -0.116. The molecule has 26 heavy (non-hydrogen) atoms. The molecule has 0 unspecified atom stereocenters. The third-order valence-corrected chi connectivity index (χ3v) is 4.54. The van der Waals surface area contributed by atoms with Crippen LogP contribution in [0.25, 0.3) is 0 Å². The lowest BCUT2D eigenvalue weighted by atomic mass is 9.87. The fourth-order valence-electron chi connectivity index (χ4n) is 2.88. The molecule has 1 N–H and O–H groups in total. The number of benzene rings is 2. The topological polar surface area (TPSA) is 38.3 Å². The zero-order chi connectivity index (χ0) is 19.2. The number of amides is 1. The van der Waals surface area contributed by atoms with Gasteiger partial charge in [0.2, 0.25) is 5.91 Å². The molecule has 0 aliphatic carbocycles. The maximum absolute atomic E-state index is 12.2. The van der Waals surface area contributed by atoms with Crippen molar-refractivity contribution in [3.63, 3.8) is 0 Å². The van der Waals surface area contributed by atoms with Gasteiger partial charge < -0.3 is 10.1 Å². The van der Waals surface area contributed by atoms with Crippen molar-refractivity contribution >= 4 is 11.6 Å².